The van der Waals surface area contributed by atoms with Crippen molar-refractivity contribution in [3.05, 3.63) is 29.8 Å². The summed E-state index contributed by atoms with van der Waals surface area (Å²) in [5.41, 5.74) is 2.15. The lowest BCUT2D eigenvalue weighted by molar-refractivity contribution is -0.126. The molecule has 2 heterocycles. The summed E-state index contributed by atoms with van der Waals surface area (Å²) in [4.78, 5) is 28.8. The van der Waals surface area contributed by atoms with E-state index in [0.717, 1.165) is 25.3 Å². The van der Waals surface area contributed by atoms with E-state index >= 15 is 0 Å². The number of nitrogens with zero attached hydrogens (tertiary/aromatic N) is 2. The van der Waals surface area contributed by atoms with Gasteiger partial charge in [-0.15, -0.1) is 0 Å². The molecule has 0 aliphatic carbocycles. The van der Waals surface area contributed by atoms with Gasteiger partial charge in [0, 0.05) is 31.7 Å². The van der Waals surface area contributed by atoms with E-state index in [1.165, 1.54) is 18.4 Å². The summed E-state index contributed by atoms with van der Waals surface area (Å²) in [7, 11) is 0. The molecule has 1 atom stereocenters. The van der Waals surface area contributed by atoms with Gasteiger partial charge in [0.25, 0.3) is 0 Å². The summed E-state index contributed by atoms with van der Waals surface area (Å²) >= 11 is 0. The highest BCUT2D eigenvalue weighted by Gasteiger charge is 2.35. The largest absolute Gasteiger partial charge is 0.355 e. The van der Waals surface area contributed by atoms with E-state index in [-0.39, 0.29) is 17.7 Å². The maximum Gasteiger partial charge on any atom is 0.227 e. The van der Waals surface area contributed by atoms with Crippen LogP contribution >= 0.6 is 0 Å². The third-order valence-corrected chi connectivity index (χ3v) is 5.29. The van der Waals surface area contributed by atoms with Gasteiger partial charge in [-0.25, -0.2) is 0 Å². The first-order chi connectivity index (χ1) is 12.0. The quantitative estimate of drug-likeness (QED) is 0.863. The molecule has 5 heteroatoms. The molecule has 2 fully saturated rings. The van der Waals surface area contributed by atoms with Crippen LogP contribution in [-0.4, -0.2) is 49.4 Å². The Labute approximate surface area is 150 Å². The number of anilines is 1. The van der Waals surface area contributed by atoms with E-state index in [9.17, 15) is 9.59 Å². The Hall–Kier alpha value is -1.88. The highest BCUT2D eigenvalue weighted by Crippen LogP contribution is 2.26. The highest BCUT2D eigenvalue weighted by molar-refractivity contribution is 6.00. The number of carbonyl (C=O) groups excluding carboxylic acids is 2. The third-order valence-electron chi connectivity index (χ3n) is 5.29. The number of carbonyl (C=O) groups is 2. The van der Waals surface area contributed by atoms with Crippen LogP contribution in [0, 0.1) is 5.92 Å². The zero-order valence-corrected chi connectivity index (χ0v) is 15.3. The second-order valence-corrected chi connectivity index (χ2v) is 7.49. The van der Waals surface area contributed by atoms with E-state index in [1.54, 1.807) is 4.90 Å². The lowest BCUT2D eigenvalue weighted by Crippen LogP contribution is -2.37. The first kappa shape index (κ1) is 17.9. The molecule has 5 nitrogen and oxygen atoms in total. The number of benzene rings is 1. The lowest BCUT2D eigenvalue weighted by atomic mass is 10.0. The van der Waals surface area contributed by atoms with Gasteiger partial charge in [-0.05, 0) is 49.5 Å². The minimum atomic E-state index is -0.240. The van der Waals surface area contributed by atoms with E-state index in [4.69, 9.17) is 0 Å². The van der Waals surface area contributed by atoms with Crippen molar-refractivity contribution in [1.82, 2.24) is 10.2 Å². The first-order valence-electron chi connectivity index (χ1n) is 9.45. The van der Waals surface area contributed by atoms with Gasteiger partial charge in [0.1, 0.15) is 0 Å². The standard InChI is InChI=1S/C20H29N3O2/c1-15(2)16-5-7-18(8-6-16)23-14-17(13-19(23)24)20(25)21-9-12-22-10-3-4-11-22/h5-8,15,17H,3-4,9-14H2,1-2H3,(H,21,25). The van der Waals surface area contributed by atoms with Crippen molar-refractivity contribution in [2.24, 2.45) is 5.92 Å². The molecule has 2 aliphatic rings. The van der Waals surface area contributed by atoms with Crippen LogP contribution in [0.2, 0.25) is 0 Å². The number of likely N-dealkylation sites (tertiary alicyclic amines) is 1. The molecule has 25 heavy (non-hydrogen) atoms. The molecule has 0 bridgehead atoms. The molecular formula is C20H29N3O2. The summed E-state index contributed by atoms with van der Waals surface area (Å²) in [6, 6.07) is 8.11. The summed E-state index contributed by atoms with van der Waals surface area (Å²) in [6.07, 6.45) is 2.83. The van der Waals surface area contributed by atoms with Crippen molar-refractivity contribution in [3.8, 4) is 0 Å². The van der Waals surface area contributed by atoms with Gasteiger partial charge in [-0.2, -0.15) is 0 Å². The topological polar surface area (TPSA) is 52.7 Å². The maximum atomic E-state index is 12.4. The van der Waals surface area contributed by atoms with Gasteiger partial charge in [0.05, 0.1) is 5.92 Å². The van der Waals surface area contributed by atoms with Crippen LogP contribution in [0.3, 0.4) is 0 Å². The molecular weight excluding hydrogens is 314 g/mol. The Morgan fingerprint density at radius 2 is 1.88 bits per heavy atom. The second kappa shape index (κ2) is 8.00. The Balaban J connectivity index is 1.51. The predicted molar refractivity (Wildman–Crippen MR) is 99.7 cm³/mol. The van der Waals surface area contributed by atoms with Gasteiger partial charge in [-0.3, -0.25) is 9.59 Å². The van der Waals surface area contributed by atoms with Gasteiger partial charge in [-0.1, -0.05) is 26.0 Å². The van der Waals surface area contributed by atoms with E-state index < -0.39 is 0 Å². The van der Waals surface area contributed by atoms with Crippen LogP contribution in [-0.2, 0) is 9.59 Å². The Bertz CT molecular complexity index is 606. The lowest BCUT2D eigenvalue weighted by Gasteiger charge is -2.18. The number of hydrogen-bond acceptors (Lipinski definition) is 3. The van der Waals surface area contributed by atoms with E-state index in [0.29, 0.717) is 25.4 Å². The number of amides is 2. The monoisotopic (exact) mass is 343 g/mol. The highest BCUT2D eigenvalue weighted by atomic mass is 16.2. The summed E-state index contributed by atoms with van der Waals surface area (Å²) in [5, 5.41) is 3.01. The smallest absolute Gasteiger partial charge is 0.227 e. The van der Waals surface area contributed by atoms with Crippen molar-refractivity contribution in [2.75, 3.05) is 37.6 Å². The maximum absolute atomic E-state index is 12.4. The van der Waals surface area contributed by atoms with Crippen molar-refractivity contribution in [3.63, 3.8) is 0 Å². The molecule has 3 rings (SSSR count). The molecule has 1 aromatic rings. The number of nitrogens with one attached hydrogen (secondary N) is 1. The van der Waals surface area contributed by atoms with Gasteiger partial charge in [0.15, 0.2) is 0 Å². The van der Waals surface area contributed by atoms with Crippen LogP contribution in [0.25, 0.3) is 0 Å². The average Bonchev–Trinajstić information content (AvgIpc) is 3.24. The predicted octanol–water partition coefficient (Wildman–Crippen LogP) is 2.37. The molecule has 0 spiro atoms. The Morgan fingerprint density at radius 1 is 1.20 bits per heavy atom. The van der Waals surface area contributed by atoms with Crippen LogP contribution in [0.4, 0.5) is 5.69 Å². The number of rotatable bonds is 6. The molecule has 1 N–H and O–H groups in total. The average molecular weight is 343 g/mol. The fourth-order valence-electron chi connectivity index (χ4n) is 3.66. The zero-order valence-electron chi connectivity index (χ0n) is 15.3. The zero-order chi connectivity index (χ0) is 17.8. The summed E-state index contributed by atoms with van der Waals surface area (Å²) in [6.45, 7) is 8.64. The molecule has 2 saturated heterocycles. The molecule has 2 aliphatic heterocycles. The van der Waals surface area contributed by atoms with E-state index in [1.807, 2.05) is 12.1 Å². The van der Waals surface area contributed by atoms with Gasteiger partial charge in [0.2, 0.25) is 11.8 Å². The normalized spacial score (nSPS) is 21.3. The van der Waals surface area contributed by atoms with Crippen molar-refractivity contribution in [1.29, 1.82) is 0 Å². The first-order valence-corrected chi connectivity index (χ1v) is 9.45. The minimum absolute atomic E-state index is 0.00819. The van der Waals surface area contributed by atoms with Crippen LogP contribution in [0.5, 0.6) is 0 Å². The van der Waals surface area contributed by atoms with Gasteiger partial charge >= 0.3 is 0 Å². The van der Waals surface area contributed by atoms with E-state index in [2.05, 4.69) is 36.2 Å². The molecule has 0 saturated carbocycles. The minimum Gasteiger partial charge on any atom is -0.355 e. The van der Waals surface area contributed by atoms with Crippen molar-refractivity contribution >= 4 is 17.5 Å². The van der Waals surface area contributed by atoms with Crippen LogP contribution in [0.15, 0.2) is 24.3 Å². The summed E-state index contributed by atoms with van der Waals surface area (Å²) < 4.78 is 0. The molecule has 136 valence electrons. The van der Waals surface area contributed by atoms with Crippen molar-refractivity contribution in [2.45, 2.75) is 39.0 Å². The third kappa shape index (κ3) is 4.40. The fraction of sp³-hybridized carbons (Fsp3) is 0.600. The summed E-state index contributed by atoms with van der Waals surface area (Å²) in [5.74, 6) is 0.277. The Kier molecular flexibility index (Phi) is 5.74. The van der Waals surface area contributed by atoms with Crippen molar-refractivity contribution < 1.29 is 9.59 Å². The molecule has 0 radical (unpaired) electrons. The van der Waals surface area contributed by atoms with Gasteiger partial charge < -0.3 is 15.1 Å². The molecule has 2 amide bonds. The Morgan fingerprint density at radius 3 is 2.52 bits per heavy atom. The molecule has 1 aromatic carbocycles. The van der Waals surface area contributed by atoms with Crippen LogP contribution < -0.4 is 10.2 Å². The second-order valence-electron chi connectivity index (χ2n) is 7.49. The SMILES string of the molecule is CC(C)c1ccc(N2CC(C(=O)NCCN3CCCC3)CC2=O)cc1. The fourth-order valence-corrected chi connectivity index (χ4v) is 3.66. The molecule has 1 unspecified atom stereocenters. The number of hydrogen-bond donors (Lipinski definition) is 1. The van der Waals surface area contributed by atoms with Crippen LogP contribution in [0.1, 0.15) is 44.6 Å². The molecule has 0 aromatic heterocycles.